The zero-order chi connectivity index (χ0) is 22.7. The van der Waals surface area contributed by atoms with Gasteiger partial charge in [-0.05, 0) is 49.6 Å². The molecule has 0 radical (unpaired) electrons. The van der Waals surface area contributed by atoms with Gasteiger partial charge in [0.15, 0.2) is 0 Å². The van der Waals surface area contributed by atoms with E-state index in [9.17, 15) is 14.4 Å². The lowest BCUT2D eigenvalue weighted by molar-refractivity contribution is -0.131. The third kappa shape index (κ3) is 4.78. The van der Waals surface area contributed by atoms with E-state index < -0.39 is 11.7 Å². The van der Waals surface area contributed by atoms with Gasteiger partial charge in [-0.25, -0.2) is 0 Å². The van der Waals surface area contributed by atoms with Gasteiger partial charge in [0.1, 0.15) is 6.54 Å². The van der Waals surface area contributed by atoms with Crippen molar-refractivity contribution in [2.24, 2.45) is 0 Å². The number of rotatable bonds is 5. The molecule has 0 bridgehead atoms. The average molecular weight is 496 g/mol. The molecule has 32 heavy (non-hydrogen) atoms. The van der Waals surface area contributed by atoms with E-state index in [0.29, 0.717) is 16.6 Å². The Kier molecular flexibility index (Phi) is 6.74. The van der Waals surface area contributed by atoms with Crippen molar-refractivity contribution in [1.29, 1.82) is 0 Å². The molecule has 2 aromatic carbocycles. The molecule has 1 aromatic heterocycles. The SMILES string of the molecule is Cc1cc(Br)ccc1NC(=O)C(=O)c1cn(CC(=O)N2CCCCCC2)c2ccccc12. The fraction of sp³-hybridized carbons (Fsp3) is 0.320. The standard InChI is InChI=1S/C25H26BrN3O3/c1-17-14-18(26)10-11-21(17)27-25(32)24(31)20-15-29(22-9-5-4-8-19(20)22)16-23(30)28-12-6-2-3-7-13-28/h4-5,8-11,14-15H,2-3,6-7,12-13,16H2,1H3,(H,27,32). The summed E-state index contributed by atoms with van der Waals surface area (Å²) in [5, 5.41) is 3.39. The maximum absolute atomic E-state index is 13.1. The second kappa shape index (κ2) is 9.69. The second-order valence-electron chi connectivity index (χ2n) is 8.23. The first-order valence-electron chi connectivity index (χ1n) is 10.9. The molecule has 2 amide bonds. The lowest BCUT2D eigenvalue weighted by Crippen LogP contribution is -2.34. The molecular formula is C25H26BrN3O3. The van der Waals surface area contributed by atoms with Gasteiger partial charge in [-0.3, -0.25) is 14.4 Å². The number of carbonyl (C=O) groups excluding carboxylic acids is 3. The highest BCUT2D eigenvalue weighted by Gasteiger charge is 2.24. The first-order chi connectivity index (χ1) is 15.4. The van der Waals surface area contributed by atoms with Crippen molar-refractivity contribution in [2.45, 2.75) is 39.2 Å². The van der Waals surface area contributed by atoms with Crippen LogP contribution in [0, 0.1) is 6.92 Å². The smallest absolute Gasteiger partial charge is 0.296 e. The molecule has 1 fully saturated rings. The number of likely N-dealkylation sites (tertiary alicyclic amines) is 1. The Labute approximate surface area is 195 Å². The Balaban J connectivity index is 1.58. The zero-order valence-electron chi connectivity index (χ0n) is 18.1. The number of hydrogen-bond donors (Lipinski definition) is 1. The van der Waals surface area contributed by atoms with Crippen LogP contribution in [0.2, 0.25) is 0 Å². The number of ketones is 1. The normalized spacial score (nSPS) is 14.2. The number of para-hydroxylation sites is 1. The molecule has 166 valence electrons. The predicted molar refractivity (Wildman–Crippen MR) is 129 cm³/mol. The molecule has 0 saturated carbocycles. The van der Waals surface area contributed by atoms with Crippen LogP contribution < -0.4 is 5.32 Å². The molecule has 3 aromatic rings. The topological polar surface area (TPSA) is 71.4 Å². The van der Waals surface area contributed by atoms with E-state index in [0.717, 1.165) is 54.3 Å². The third-order valence-corrected chi connectivity index (χ3v) is 6.43. The fourth-order valence-corrected chi connectivity index (χ4v) is 4.67. The highest BCUT2D eigenvalue weighted by Crippen LogP contribution is 2.24. The predicted octanol–water partition coefficient (Wildman–Crippen LogP) is 4.94. The Morgan fingerprint density at radius 3 is 2.44 bits per heavy atom. The summed E-state index contributed by atoms with van der Waals surface area (Å²) in [6, 6.07) is 12.8. The van der Waals surface area contributed by atoms with Crippen LogP contribution in [-0.2, 0) is 16.1 Å². The van der Waals surface area contributed by atoms with Crippen molar-refractivity contribution in [2.75, 3.05) is 18.4 Å². The van der Waals surface area contributed by atoms with Gasteiger partial charge in [0, 0.05) is 40.3 Å². The second-order valence-corrected chi connectivity index (χ2v) is 9.14. The molecule has 0 atom stereocenters. The molecule has 6 nitrogen and oxygen atoms in total. The number of amides is 2. The van der Waals surface area contributed by atoms with Crippen LogP contribution in [0.3, 0.4) is 0 Å². The van der Waals surface area contributed by atoms with Crippen LogP contribution in [0.5, 0.6) is 0 Å². The van der Waals surface area contributed by atoms with Gasteiger partial charge in [-0.15, -0.1) is 0 Å². The molecule has 1 saturated heterocycles. The summed E-state index contributed by atoms with van der Waals surface area (Å²) in [4.78, 5) is 40.6. The minimum absolute atomic E-state index is 0.0431. The van der Waals surface area contributed by atoms with E-state index in [1.807, 2.05) is 48.2 Å². The summed E-state index contributed by atoms with van der Waals surface area (Å²) >= 11 is 3.40. The number of nitrogens with one attached hydrogen (secondary N) is 1. The summed E-state index contributed by atoms with van der Waals surface area (Å²) in [5.74, 6) is -1.27. The number of aryl methyl sites for hydroxylation is 1. The molecule has 1 aliphatic heterocycles. The van der Waals surface area contributed by atoms with Crippen LogP contribution in [0.1, 0.15) is 41.6 Å². The number of hydrogen-bond acceptors (Lipinski definition) is 3. The number of anilines is 1. The van der Waals surface area contributed by atoms with E-state index >= 15 is 0 Å². The van der Waals surface area contributed by atoms with Crippen molar-refractivity contribution < 1.29 is 14.4 Å². The Hall–Kier alpha value is -2.93. The molecule has 1 N–H and O–H groups in total. The van der Waals surface area contributed by atoms with Crippen LogP contribution in [-0.4, -0.2) is 40.2 Å². The van der Waals surface area contributed by atoms with E-state index in [4.69, 9.17) is 0 Å². The van der Waals surface area contributed by atoms with Crippen molar-refractivity contribution in [3.63, 3.8) is 0 Å². The molecule has 0 aliphatic carbocycles. The molecule has 4 rings (SSSR count). The zero-order valence-corrected chi connectivity index (χ0v) is 19.7. The van der Waals surface area contributed by atoms with Gasteiger partial charge in [0.2, 0.25) is 5.91 Å². The number of halogens is 1. The lowest BCUT2D eigenvalue weighted by atomic mass is 10.1. The maximum atomic E-state index is 13.1. The van der Waals surface area contributed by atoms with Gasteiger partial charge < -0.3 is 14.8 Å². The Morgan fingerprint density at radius 2 is 1.72 bits per heavy atom. The van der Waals surface area contributed by atoms with E-state index in [1.54, 1.807) is 16.8 Å². The highest BCUT2D eigenvalue weighted by atomic mass is 79.9. The van der Waals surface area contributed by atoms with Gasteiger partial charge in [-0.2, -0.15) is 0 Å². The molecule has 7 heteroatoms. The monoisotopic (exact) mass is 495 g/mol. The van der Waals surface area contributed by atoms with Gasteiger partial charge in [-0.1, -0.05) is 47.0 Å². The largest absolute Gasteiger partial charge is 0.341 e. The summed E-state index contributed by atoms with van der Waals surface area (Å²) in [5.41, 5.74) is 2.51. The highest BCUT2D eigenvalue weighted by molar-refractivity contribution is 9.10. The van der Waals surface area contributed by atoms with E-state index in [-0.39, 0.29) is 12.5 Å². The molecule has 0 spiro atoms. The van der Waals surface area contributed by atoms with Crippen LogP contribution in [0.4, 0.5) is 5.69 Å². The van der Waals surface area contributed by atoms with Crippen molar-refractivity contribution in [3.8, 4) is 0 Å². The molecule has 0 unspecified atom stereocenters. The molecule has 2 heterocycles. The number of nitrogens with zero attached hydrogens (tertiary/aromatic N) is 2. The number of benzene rings is 2. The summed E-state index contributed by atoms with van der Waals surface area (Å²) in [6.07, 6.45) is 6.00. The minimum Gasteiger partial charge on any atom is -0.341 e. The van der Waals surface area contributed by atoms with Gasteiger partial charge >= 0.3 is 0 Å². The van der Waals surface area contributed by atoms with Gasteiger partial charge in [0.25, 0.3) is 11.7 Å². The summed E-state index contributed by atoms with van der Waals surface area (Å²) in [7, 11) is 0. The first-order valence-corrected chi connectivity index (χ1v) is 11.7. The number of aromatic nitrogens is 1. The Morgan fingerprint density at radius 1 is 1.00 bits per heavy atom. The number of carbonyl (C=O) groups is 3. The van der Waals surface area contributed by atoms with Crippen molar-refractivity contribution in [3.05, 3.63) is 64.3 Å². The van der Waals surface area contributed by atoms with E-state index in [2.05, 4.69) is 21.2 Å². The van der Waals surface area contributed by atoms with Crippen LogP contribution in [0.25, 0.3) is 10.9 Å². The summed E-state index contributed by atoms with van der Waals surface area (Å²) < 4.78 is 2.69. The lowest BCUT2D eigenvalue weighted by Gasteiger charge is -2.20. The minimum atomic E-state index is -0.697. The van der Waals surface area contributed by atoms with Crippen molar-refractivity contribution >= 4 is 50.1 Å². The fourth-order valence-electron chi connectivity index (χ4n) is 4.19. The van der Waals surface area contributed by atoms with Crippen LogP contribution in [0.15, 0.2) is 53.1 Å². The number of fused-ring (bicyclic) bond motifs is 1. The third-order valence-electron chi connectivity index (χ3n) is 5.94. The van der Waals surface area contributed by atoms with Crippen molar-refractivity contribution in [1.82, 2.24) is 9.47 Å². The first kappa shape index (κ1) is 22.3. The number of Topliss-reactive ketones (excluding diaryl/α,β-unsaturated/α-hetero) is 1. The maximum Gasteiger partial charge on any atom is 0.296 e. The quantitative estimate of drug-likeness (QED) is 0.402. The average Bonchev–Trinajstić information content (AvgIpc) is 2.95. The molecule has 1 aliphatic rings. The van der Waals surface area contributed by atoms with E-state index in [1.165, 1.54) is 0 Å². The Bertz CT molecular complexity index is 1180. The van der Waals surface area contributed by atoms with Gasteiger partial charge in [0.05, 0.1) is 5.56 Å². The van der Waals surface area contributed by atoms with Crippen LogP contribution >= 0.6 is 15.9 Å². The summed E-state index contributed by atoms with van der Waals surface area (Å²) in [6.45, 7) is 3.57. The molecular weight excluding hydrogens is 470 g/mol.